The Balaban J connectivity index is 1.90. The SMILES string of the molecule is CC(=O)N[C@@H](Cc1ccc(O)cc1)C(=O)Nc1cccc2c(CO)cc(C)nc12. The number of aromatic hydroxyl groups is 1. The number of fused-ring (bicyclic) bond motifs is 1. The first-order valence-corrected chi connectivity index (χ1v) is 9.23. The molecule has 0 spiro atoms. The number of aliphatic hydroxyl groups excluding tert-OH is 1. The fraction of sp³-hybridized carbons (Fsp3) is 0.227. The van der Waals surface area contributed by atoms with E-state index in [4.69, 9.17) is 0 Å². The topological polar surface area (TPSA) is 112 Å². The van der Waals surface area contributed by atoms with Gasteiger partial charge in [0.25, 0.3) is 0 Å². The van der Waals surface area contributed by atoms with E-state index in [0.29, 0.717) is 11.2 Å². The van der Waals surface area contributed by atoms with Crippen LogP contribution in [0.15, 0.2) is 48.5 Å². The third kappa shape index (κ3) is 4.89. The van der Waals surface area contributed by atoms with E-state index in [-0.39, 0.29) is 30.6 Å². The summed E-state index contributed by atoms with van der Waals surface area (Å²) in [5.74, 6) is -0.570. The zero-order valence-corrected chi connectivity index (χ0v) is 16.3. The minimum Gasteiger partial charge on any atom is -0.508 e. The third-order valence-corrected chi connectivity index (χ3v) is 4.55. The number of phenols is 1. The van der Waals surface area contributed by atoms with Gasteiger partial charge < -0.3 is 20.8 Å². The van der Waals surface area contributed by atoms with Crippen molar-refractivity contribution in [1.82, 2.24) is 10.3 Å². The number of hydrogen-bond acceptors (Lipinski definition) is 5. The minimum absolute atomic E-state index is 0.131. The fourth-order valence-electron chi connectivity index (χ4n) is 3.24. The summed E-state index contributed by atoms with van der Waals surface area (Å²) in [7, 11) is 0. The molecule has 0 aliphatic heterocycles. The normalized spacial score (nSPS) is 11.8. The molecule has 7 nitrogen and oxygen atoms in total. The van der Waals surface area contributed by atoms with Crippen molar-refractivity contribution in [2.24, 2.45) is 0 Å². The van der Waals surface area contributed by atoms with E-state index < -0.39 is 6.04 Å². The third-order valence-electron chi connectivity index (χ3n) is 4.55. The molecule has 0 saturated heterocycles. The summed E-state index contributed by atoms with van der Waals surface area (Å²) in [6, 6.07) is 12.8. The van der Waals surface area contributed by atoms with Crippen LogP contribution in [0.2, 0.25) is 0 Å². The Bertz CT molecular complexity index is 1050. The minimum atomic E-state index is -0.797. The van der Waals surface area contributed by atoms with E-state index in [9.17, 15) is 19.8 Å². The van der Waals surface area contributed by atoms with E-state index >= 15 is 0 Å². The summed E-state index contributed by atoms with van der Waals surface area (Å²) < 4.78 is 0. The molecule has 1 atom stereocenters. The van der Waals surface area contributed by atoms with Gasteiger partial charge in [0, 0.05) is 24.4 Å². The number of carbonyl (C=O) groups is 2. The predicted molar refractivity (Wildman–Crippen MR) is 110 cm³/mol. The molecule has 0 unspecified atom stereocenters. The van der Waals surface area contributed by atoms with Crippen molar-refractivity contribution >= 4 is 28.4 Å². The van der Waals surface area contributed by atoms with Gasteiger partial charge in [-0.05, 0) is 42.3 Å². The molecule has 7 heteroatoms. The molecule has 1 aromatic heterocycles. The van der Waals surface area contributed by atoms with E-state index in [0.717, 1.165) is 22.2 Å². The summed E-state index contributed by atoms with van der Waals surface area (Å²) in [6.45, 7) is 3.04. The molecule has 3 aromatic rings. The first-order chi connectivity index (χ1) is 13.9. The summed E-state index contributed by atoms with van der Waals surface area (Å²) in [6.07, 6.45) is 0.269. The number of nitrogens with zero attached hydrogens (tertiary/aromatic N) is 1. The molecule has 1 heterocycles. The highest BCUT2D eigenvalue weighted by Crippen LogP contribution is 2.26. The smallest absolute Gasteiger partial charge is 0.247 e. The Kier molecular flexibility index (Phi) is 6.09. The van der Waals surface area contributed by atoms with Gasteiger partial charge in [0.15, 0.2) is 0 Å². The van der Waals surface area contributed by atoms with Crippen molar-refractivity contribution in [3.05, 3.63) is 65.4 Å². The molecule has 3 rings (SSSR count). The molecular weight excluding hydrogens is 370 g/mol. The van der Waals surface area contributed by atoms with Crippen LogP contribution >= 0.6 is 0 Å². The highest BCUT2D eigenvalue weighted by Gasteiger charge is 2.21. The number of phenolic OH excluding ortho intramolecular Hbond substituents is 1. The molecular formula is C22H23N3O4. The number of amides is 2. The van der Waals surface area contributed by atoms with E-state index in [1.807, 2.05) is 13.0 Å². The highest BCUT2D eigenvalue weighted by atomic mass is 16.3. The van der Waals surface area contributed by atoms with Crippen molar-refractivity contribution in [1.29, 1.82) is 0 Å². The van der Waals surface area contributed by atoms with Gasteiger partial charge in [-0.3, -0.25) is 14.6 Å². The lowest BCUT2D eigenvalue weighted by Gasteiger charge is -2.19. The number of aryl methyl sites for hydroxylation is 1. The second kappa shape index (κ2) is 8.70. The quantitative estimate of drug-likeness (QED) is 0.514. The molecule has 0 aliphatic carbocycles. The Labute approximate surface area is 168 Å². The summed E-state index contributed by atoms with van der Waals surface area (Å²) in [5, 5.41) is 25.3. The lowest BCUT2D eigenvalue weighted by atomic mass is 10.0. The van der Waals surface area contributed by atoms with Gasteiger partial charge in [0.2, 0.25) is 11.8 Å². The number of carbonyl (C=O) groups excluding carboxylic acids is 2. The maximum atomic E-state index is 13.0. The maximum absolute atomic E-state index is 13.0. The molecule has 0 aliphatic rings. The van der Waals surface area contributed by atoms with Gasteiger partial charge in [-0.15, -0.1) is 0 Å². The number of aliphatic hydroxyl groups is 1. The Morgan fingerprint density at radius 1 is 1.14 bits per heavy atom. The van der Waals surface area contributed by atoms with Gasteiger partial charge in [-0.25, -0.2) is 0 Å². The van der Waals surface area contributed by atoms with Gasteiger partial charge in [-0.1, -0.05) is 24.3 Å². The van der Waals surface area contributed by atoms with E-state index in [2.05, 4.69) is 15.6 Å². The van der Waals surface area contributed by atoms with Gasteiger partial charge >= 0.3 is 0 Å². The number of benzene rings is 2. The Morgan fingerprint density at radius 3 is 2.52 bits per heavy atom. The van der Waals surface area contributed by atoms with E-state index in [1.165, 1.54) is 19.1 Å². The van der Waals surface area contributed by atoms with Gasteiger partial charge in [-0.2, -0.15) is 0 Å². The molecule has 0 saturated carbocycles. The summed E-state index contributed by atoms with van der Waals surface area (Å²) >= 11 is 0. The second-order valence-corrected chi connectivity index (χ2v) is 6.90. The number of anilines is 1. The standard InChI is InChI=1S/C22H23N3O4/c1-13-10-16(12-26)18-4-3-5-19(21(18)23-13)25-22(29)20(24-14(2)27)11-15-6-8-17(28)9-7-15/h3-10,20,26,28H,11-12H2,1-2H3,(H,24,27)(H,25,29)/t20-/m0/s1. The van der Waals surface area contributed by atoms with Crippen molar-refractivity contribution in [3.8, 4) is 5.75 Å². The van der Waals surface area contributed by atoms with Crippen LogP contribution < -0.4 is 10.6 Å². The summed E-state index contributed by atoms with van der Waals surface area (Å²) in [5.41, 5.74) is 3.34. The fourth-order valence-corrected chi connectivity index (χ4v) is 3.24. The second-order valence-electron chi connectivity index (χ2n) is 6.90. The molecule has 0 bridgehead atoms. The first-order valence-electron chi connectivity index (χ1n) is 9.23. The number of pyridine rings is 1. The van der Waals surface area contributed by atoms with Crippen LogP contribution in [-0.4, -0.2) is 33.1 Å². The van der Waals surface area contributed by atoms with Crippen LogP contribution in [-0.2, 0) is 22.6 Å². The van der Waals surface area contributed by atoms with E-state index in [1.54, 1.807) is 30.3 Å². The van der Waals surface area contributed by atoms with Gasteiger partial charge in [0.05, 0.1) is 17.8 Å². The van der Waals surface area contributed by atoms with Crippen LogP contribution in [0, 0.1) is 6.92 Å². The molecule has 4 N–H and O–H groups in total. The van der Waals surface area contributed by atoms with Gasteiger partial charge in [0.1, 0.15) is 11.8 Å². The number of para-hydroxylation sites is 1. The van der Waals surface area contributed by atoms with Crippen LogP contribution in [0.5, 0.6) is 5.75 Å². The summed E-state index contributed by atoms with van der Waals surface area (Å²) in [4.78, 5) is 29.1. The molecule has 150 valence electrons. The molecule has 2 aromatic carbocycles. The number of rotatable bonds is 6. The number of hydrogen-bond donors (Lipinski definition) is 4. The first kappa shape index (κ1) is 20.3. The zero-order valence-electron chi connectivity index (χ0n) is 16.3. The highest BCUT2D eigenvalue weighted by molar-refractivity contribution is 6.04. The Hall–Kier alpha value is -3.45. The predicted octanol–water partition coefficient (Wildman–Crippen LogP) is 2.43. The van der Waals surface area contributed by atoms with Crippen LogP contribution in [0.1, 0.15) is 23.7 Å². The van der Waals surface area contributed by atoms with Crippen LogP contribution in [0.3, 0.4) is 0 Å². The molecule has 0 radical (unpaired) electrons. The average Bonchev–Trinajstić information content (AvgIpc) is 2.68. The van der Waals surface area contributed by atoms with Crippen LogP contribution in [0.4, 0.5) is 5.69 Å². The van der Waals surface area contributed by atoms with Crippen molar-refractivity contribution in [3.63, 3.8) is 0 Å². The van der Waals surface area contributed by atoms with Crippen molar-refractivity contribution in [2.45, 2.75) is 32.9 Å². The monoisotopic (exact) mass is 393 g/mol. The number of nitrogens with one attached hydrogen (secondary N) is 2. The molecule has 0 fully saturated rings. The average molecular weight is 393 g/mol. The lowest BCUT2D eigenvalue weighted by molar-refractivity contribution is -0.125. The maximum Gasteiger partial charge on any atom is 0.247 e. The number of aromatic nitrogens is 1. The van der Waals surface area contributed by atoms with Crippen LogP contribution in [0.25, 0.3) is 10.9 Å². The zero-order chi connectivity index (χ0) is 21.0. The molecule has 2 amide bonds. The van der Waals surface area contributed by atoms with Crippen molar-refractivity contribution < 1.29 is 19.8 Å². The van der Waals surface area contributed by atoms with Crippen molar-refractivity contribution in [2.75, 3.05) is 5.32 Å². The molecule has 29 heavy (non-hydrogen) atoms. The Morgan fingerprint density at radius 2 is 1.86 bits per heavy atom. The lowest BCUT2D eigenvalue weighted by Crippen LogP contribution is -2.44. The largest absolute Gasteiger partial charge is 0.508 e.